The van der Waals surface area contributed by atoms with Crippen molar-refractivity contribution in [1.82, 2.24) is 5.32 Å². The molecule has 6 nitrogen and oxygen atoms in total. The summed E-state index contributed by atoms with van der Waals surface area (Å²) in [6.45, 7) is 3.93. The highest BCUT2D eigenvalue weighted by molar-refractivity contribution is 5.95. The zero-order valence-electron chi connectivity index (χ0n) is 13.5. The second-order valence-electron chi connectivity index (χ2n) is 5.17. The number of alkyl carbamates (subject to hydrolysis) is 1. The zero-order chi connectivity index (χ0) is 17.1. The summed E-state index contributed by atoms with van der Waals surface area (Å²) in [7, 11) is 0. The number of ether oxygens (including phenoxy) is 2. The van der Waals surface area contributed by atoms with E-state index in [1.54, 1.807) is 13.8 Å². The third kappa shape index (κ3) is 8.60. The molecule has 6 heteroatoms. The average Bonchev–Trinajstić information content (AvgIpc) is 2.52. The number of carbonyl (C=O) groups excluding carboxylic acids is 3. The maximum Gasteiger partial charge on any atom is 0.407 e. The van der Waals surface area contributed by atoms with Crippen LogP contribution >= 0.6 is 0 Å². The van der Waals surface area contributed by atoms with Crippen LogP contribution in [0.5, 0.6) is 0 Å². The number of Topliss-reactive ketones (excluding diaryl/α,β-unsaturated/α-hetero) is 1. The van der Waals surface area contributed by atoms with Gasteiger partial charge in [0.15, 0.2) is 0 Å². The Morgan fingerprint density at radius 3 is 2.48 bits per heavy atom. The Bertz CT molecular complexity index is 515. The predicted octanol–water partition coefficient (Wildman–Crippen LogP) is 2.60. The van der Waals surface area contributed by atoms with Crippen molar-refractivity contribution in [2.75, 3.05) is 6.61 Å². The molecule has 0 radical (unpaired) electrons. The Kier molecular flexibility index (Phi) is 8.42. The molecule has 0 bridgehead atoms. The fourth-order valence-electron chi connectivity index (χ4n) is 1.88. The monoisotopic (exact) mass is 321 g/mol. The highest BCUT2D eigenvalue weighted by Crippen LogP contribution is 2.04. The Morgan fingerprint density at radius 2 is 1.83 bits per heavy atom. The van der Waals surface area contributed by atoms with Crippen molar-refractivity contribution in [3.63, 3.8) is 0 Å². The van der Waals surface area contributed by atoms with Crippen LogP contribution in [0, 0.1) is 0 Å². The lowest BCUT2D eigenvalue weighted by atomic mass is 10.1. The van der Waals surface area contributed by atoms with E-state index >= 15 is 0 Å². The van der Waals surface area contributed by atoms with Crippen LogP contribution in [0.15, 0.2) is 30.3 Å². The van der Waals surface area contributed by atoms with E-state index in [4.69, 9.17) is 9.47 Å². The first-order chi connectivity index (χ1) is 11.0. The molecule has 0 aliphatic rings. The number of nitrogens with one attached hydrogen (secondary N) is 1. The number of carbonyl (C=O) groups is 3. The van der Waals surface area contributed by atoms with Gasteiger partial charge in [0.25, 0.3) is 0 Å². The molecular formula is C17H23NO5. The number of rotatable bonds is 9. The van der Waals surface area contributed by atoms with Crippen LogP contribution < -0.4 is 5.32 Å². The molecule has 23 heavy (non-hydrogen) atoms. The maximum atomic E-state index is 11.6. The minimum absolute atomic E-state index is 0.196. The topological polar surface area (TPSA) is 81.7 Å². The van der Waals surface area contributed by atoms with Crippen molar-refractivity contribution in [1.29, 1.82) is 0 Å². The standard InChI is InChI=1S/C17H23NO5/c1-3-22-16(20)11-15(19)10-9-13(2)18-17(21)23-12-14-7-5-4-6-8-14/h4-8,13H,3,9-12H2,1-2H3,(H,18,21). The van der Waals surface area contributed by atoms with Gasteiger partial charge in [0, 0.05) is 12.5 Å². The molecule has 1 unspecified atom stereocenters. The summed E-state index contributed by atoms with van der Waals surface area (Å²) in [5.41, 5.74) is 0.903. The molecule has 1 aromatic carbocycles. The van der Waals surface area contributed by atoms with Gasteiger partial charge in [-0.1, -0.05) is 30.3 Å². The molecule has 1 N–H and O–H groups in total. The summed E-state index contributed by atoms with van der Waals surface area (Å²) >= 11 is 0. The molecule has 1 rings (SSSR count). The number of esters is 1. The lowest BCUT2D eigenvalue weighted by molar-refractivity contribution is -0.145. The molecule has 1 atom stereocenters. The normalized spacial score (nSPS) is 11.4. The number of hydrogen-bond acceptors (Lipinski definition) is 5. The molecule has 1 aromatic rings. The zero-order valence-corrected chi connectivity index (χ0v) is 13.5. The number of benzene rings is 1. The van der Waals surface area contributed by atoms with Crippen molar-refractivity contribution in [3.8, 4) is 0 Å². The molecule has 0 spiro atoms. The van der Waals surface area contributed by atoms with Crippen LogP contribution in [-0.4, -0.2) is 30.5 Å². The van der Waals surface area contributed by atoms with Crippen LogP contribution in [0.25, 0.3) is 0 Å². The molecule has 0 fully saturated rings. The predicted molar refractivity (Wildman–Crippen MR) is 84.7 cm³/mol. The maximum absolute atomic E-state index is 11.6. The lowest BCUT2D eigenvalue weighted by Crippen LogP contribution is -2.33. The number of hydrogen-bond donors (Lipinski definition) is 1. The van der Waals surface area contributed by atoms with E-state index < -0.39 is 12.1 Å². The molecule has 1 amide bonds. The molecule has 126 valence electrons. The van der Waals surface area contributed by atoms with E-state index in [2.05, 4.69) is 5.32 Å². The molecule has 0 heterocycles. The van der Waals surface area contributed by atoms with E-state index in [0.717, 1.165) is 5.56 Å². The van der Waals surface area contributed by atoms with Gasteiger partial charge in [-0.25, -0.2) is 4.79 Å². The van der Waals surface area contributed by atoms with Gasteiger partial charge in [-0.15, -0.1) is 0 Å². The van der Waals surface area contributed by atoms with Gasteiger partial charge in [-0.2, -0.15) is 0 Å². The fourth-order valence-corrected chi connectivity index (χ4v) is 1.88. The largest absolute Gasteiger partial charge is 0.466 e. The van der Waals surface area contributed by atoms with E-state index in [1.165, 1.54) is 0 Å². The van der Waals surface area contributed by atoms with E-state index in [9.17, 15) is 14.4 Å². The Morgan fingerprint density at radius 1 is 1.13 bits per heavy atom. The fraction of sp³-hybridized carbons (Fsp3) is 0.471. The number of amides is 1. The van der Waals surface area contributed by atoms with Gasteiger partial charge >= 0.3 is 12.1 Å². The quantitative estimate of drug-likeness (QED) is 0.558. The first-order valence-corrected chi connectivity index (χ1v) is 7.65. The summed E-state index contributed by atoms with van der Waals surface area (Å²) in [5.74, 6) is -0.713. The van der Waals surface area contributed by atoms with Gasteiger partial charge < -0.3 is 14.8 Å². The molecule has 0 aliphatic carbocycles. The van der Waals surface area contributed by atoms with Gasteiger partial charge in [-0.05, 0) is 25.8 Å². The summed E-state index contributed by atoms with van der Waals surface area (Å²) in [6.07, 6.45) is -0.101. The van der Waals surface area contributed by atoms with Crippen molar-refractivity contribution in [2.45, 2.75) is 45.8 Å². The van der Waals surface area contributed by atoms with Gasteiger partial charge in [-0.3, -0.25) is 9.59 Å². The highest BCUT2D eigenvalue weighted by atomic mass is 16.5. The van der Waals surface area contributed by atoms with Crippen molar-refractivity contribution in [3.05, 3.63) is 35.9 Å². The van der Waals surface area contributed by atoms with Gasteiger partial charge in [0.1, 0.15) is 18.8 Å². The molecule has 0 saturated carbocycles. The molecular weight excluding hydrogens is 298 g/mol. The number of ketones is 1. The Hall–Kier alpha value is -2.37. The van der Waals surface area contributed by atoms with Crippen molar-refractivity contribution >= 4 is 17.8 Å². The first kappa shape index (κ1) is 18.7. The summed E-state index contributed by atoms with van der Waals surface area (Å²) in [5, 5.41) is 2.65. The van der Waals surface area contributed by atoms with Crippen LogP contribution in [0.4, 0.5) is 4.79 Å². The minimum atomic E-state index is -0.529. The summed E-state index contributed by atoms with van der Waals surface area (Å²) in [6, 6.07) is 9.14. The first-order valence-electron chi connectivity index (χ1n) is 7.65. The second kappa shape index (κ2) is 10.4. The SMILES string of the molecule is CCOC(=O)CC(=O)CCC(C)NC(=O)OCc1ccccc1. The Balaban J connectivity index is 2.20. The second-order valence-corrected chi connectivity index (χ2v) is 5.17. The van der Waals surface area contributed by atoms with Crippen LogP contribution in [0.2, 0.25) is 0 Å². The van der Waals surface area contributed by atoms with Crippen molar-refractivity contribution < 1.29 is 23.9 Å². The summed E-state index contributed by atoms with van der Waals surface area (Å²) < 4.78 is 9.80. The van der Waals surface area contributed by atoms with Crippen molar-refractivity contribution in [2.24, 2.45) is 0 Å². The summed E-state index contributed by atoms with van der Waals surface area (Å²) in [4.78, 5) is 34.4. The highest BCUT2D eigenvalue weighted by Gasteiger charge is 2.13. The third-order valence-corrected chi connectivity index (χ3v) is 3.08. The average molecular weight is 321 g/mol. The molecule has 0 saturated heterocycles. The van der Waals surface area contributed by atoms with Gasteiger partial charge in [0.05, 0.1) is 6.61 Å². The van der Waals surface area contributed by atoms with Crippen LogP contribution in [0.3, 0.4) is 0 Å². The van der Waals surface area contributed by atoms with E-state index in [1.807, 2.05) is 30.3 Å². The van der Waals surface area contributed by atoms with Crippen LogP contribution in [-0.2, 0) is 25.7 Å². The van der Waals surface area contributed by atoms with Gasteiger partial charge in [0.2, 0.25) is 0 Å². The van der Waals surface area contributed by atoms with Crippen LogP contribution in [0.1, 0.15) is 38.7 Å². The Labute approximate surface area is 136 Å². The third-order valence-electron chi connectivity index (χ3n) is 3.08. The van der Waals surface area contributed by atoms with E-state index in [0.29, 0.717) is 6.42 Å². The minimum Gasteiger partial charge on any atom is -0.466 e. The molecule has 0 aromatic heterocycles. The smallest absolute Gasteiger partial charge is 0.407 e. The lowest BCUT2D eigenvalue weighted by Gasteiger charge is -2.13. The van der Waals surface area contributed by atoms with E-state index in [-0.39, 0.29) is 37.9 Å². The molecule has 0 aliphatic heterocycles.